The Kier molecular flexibility index (Phi) is 37.3. The van der Waals surface area contributed by atoms with E-state index in [1.807, 2.05) is 37.4 Å². The molecular weight excluding hydrogens is 1110 g/mol. The molecule has 1 aliphatic heterocycles. The monoisotopic (exact) mass is 1190 g/mol. The normalized spacial score (nSPS) is 12.3. The maximum absolute atomic E-state index is 13.6. The predicted octanol–water partition coefficient (Wildman–Crippen LogP) is 7.53. The Morgan fingerprint density at radius 3 is 1.51 bits per heavy atom. The lowest BCUT2D eigenvalue weighted by molar-refractivity contribution is -0.136. The second-order valence-electron chi connectivity index (χ2n) is 18.9. The van der Waals surface area contributed by atoms with Gasteiger partial charge in [0.1, 0.15) is 5.84 Å². The number of carbonyl (C=O) groups is 2. The summed E-state index contributed by atoms with van der Waals surface area (Å²) in [5.41, 5.74) is 12.0. The minimum Gasteiger partial charge on any atom is -0.420 e. The number of amides is 1. The Bertz CT molecular complexity index is 2390. The molecule has 20 nitrogen and oxygen atoms in total. The molecule has 1 amide bonds. The van der Waals surface area contributed by atoms with Crippen molar-refractivity contribution in [1.29, 1.82) is 0 Å². The van der Waals surface area contributed by atoms with E-state index in [4.69, 9.17) is 62.6 Å². The Morgan fingerprint density at radius 2 is 1.04 bits per heavy atom. The molecule has 470 valence electrons. The molecule has 0 saturated carbocycles. The minimum absolute atomic E-state index is 0.0175. The lowest BCUT2D eigenvalue weighted by Gasteiger charge is -2.27. The zero-order valence-corrected chi connectivity index (χ0v) is 49.1. The third-order valence-electron chi connectivity index (χ3n) is 12.1. The Hall–Kier alpha value is -5.45. The number of nitrogens with one attached hydrogen (secondary N) is 1. The lowest BCUT2D eigenvalue weighted by Crippen LogP contribution is -2.28. The summed E-state index contributed by atoms with van der Waals surface area (Å²) in [6, 6.07) is 13.1. The number of amidine groups is 1. The molecule has 84 heavy (non-hydrogen) atoms. The lowest BCUT2D eigenvalue weighted by atomic mass is 10.0. The Balaban J connectivity index is 0.840. The third kappa shape index (κ3) is 30.1. The number of aliphatic imine (C=N–C) groups is 1. The molecule has 1 heterocycles. The van der Waals surface area contributed by atoms with Crippen LogP contribution in [0.15, 0.2) is 71.4 Å². The molecule has 0 aliphatic carbocycles. The largest absolute Gasteiger partial charge is 0.420 e. The maximum Gasteiger partial charge on any atom is 0.313 e. The molecule has 1 aliphatic rings. The fraction of sp³-hybridized carbons (Fsp3) is 0.583. The summed E-state index contributed by atoms with van der Waals surface area (Å²) in [5.74, 6) is -9.27. The number of likely N-dealkylation sites (N-methyl/N-ethyl adjacent to an activating group) is 1. The molecule has 4 rings (SSSR count). The van der Waals surface area contributed by atoms with E-state index in [1.54, 1.807) is 12.1 Å². The van der Waals surface area contributed by atoms with E-state index in [1.165, 1.54) is 0 Å². The highest BCUT2D eigenvalue weighted by Gasteiger charge is 2.23. The number of ether oxygens (including phenoxy) is 13. The fourth-order valence-corrected chi connectivity index (χ4v) is 7.79. The number of hydrogen-bond acceptors (Lipinski definition) is 19. The van der Waals surface area contributed by atoms with Gasteiger partial charge < -0.3 is 82.4 Å². The van der Waals surface area contributed by atoms with Crippen molar-refractivity contribution in [3.8, 4) is 5.75 Å². The molecule has 3 aromatic carbocycles. The minimum atomic E-state index is -1.80. The molecule has 0 spiro atoms. The highest BCUT2D eigenvalue weighted by Crippen LogP contribution is 2.32. The van der Waals surface area contributed by atoms with Gasteiger partial charge in [0, 0.05) is 61.2 Å². The highest BCUT2D eigenvalue weighted by atomic mass is 19.2. The summed E-state index contributed by atoms with van der Waals surface area (Å²) < 4.78 is 124. The average Bonchev–Trinajstić information content (AvgIpc) is 3.89. The molecule has 3 aromatic rings. The summed E-state index contributed by atoms with van der Waals surface area (Å²) in [7, 11) is 2.02. The predicted molar refractivity (Wildman–Crippen MR) is 309 cm³/mol. The number of halogens is 4. The SMILES string of the molecule is C=C(C1=Cc2ccc(C(=O)Nc3cccc(COCCOCCN(C)CCOCCOCCOCCOCCOCCOCCOCCOCCOCCOCCC(=O)Oc4c(F)c(F)cc(F)c4F)c3)cc2N=C(N)C1)N(CCC)CCC. The molecule has 24 heteroatoms. The van der Waals surface area contributed by atoms with Gasteiger partial charge in [-0.3, -0.25) is 9.59 Å². The molecule has 0 unspecified atom stereocenters. The van der Waals surface area contributed by atoms with E-state index in [2.05, 4.69) is 51.3 Å². The zero-order chi connectivity index (χ0) is 60.4. The van der Waals surface area contributed by atoms with Crippen molar-refractivity contribution in [3.63, 3.8) is 0 Å². The van der Waals surface area contributed by atoms with Gasteiger partial charge in [-0.1, -0.05) is 38.6 Å². The number of fused-ring (bicyclic) bond motifs is 1. The van der Waals surface area contributed by atoms with Gasteiger partial charge in [0.25, 0.3) is 5.91 Å². The van der Waals surface area contributed by atoms with Crippen LogP contribution in [0.3, 0.4) is 0 Å². The molecular formula is C60H87F4N5O15. The number of esters is 1. The number of nitrogens with zero attached hydrogens (tertiary/aromatic N) is 3. The van der Waals surface area contributed by atoms with Gasteiger partial charge in [0.15, 0.2) is 11.6 Å². The van der Waals surface area contributed by atoms with E-state index < -0.39 is 41.4 Å². The van der Waals surface area contributed by atoms with Gasteiger partial charge in [0.05, 0.1) is 171 Å². The number of allylic oxidation sites excluding steroid dienone is 1. The smallest absolute Gasteiger partial charge is 0.313 e. The number of carbonyl (C=O) groups excluding carboxylic acids is 2. The van der Waals surface area contributed by atoms with Gasteiger partial charge in [0.2, 0.25) is 17.4 Å². The Morgan fingerprint density at radius 1 is 0.583 bits per heavy atom. The zero-order valence-electron chi connectivity index (χ0n) is 49.1. The first kappa shape index (κ1) is 71.0. The van der Waals surface area contributed by atoms with Crippen molar-refractivity contribution in [3.05, 3.63) is 106 Å². The van der Waals surface area contributed by atoms with Crippen LogP contribution in [0.1, 0.15) is 61.0 Å². The highest BCUT2D eigenvalue weighted by molar-refractivity contribution is 6.05. The second-order valence-corrected chi connectivity index (χ2v) is 18.9. The standard InChI is InChI=1S/C60H87F4N5O15/c1-5-13-69(14-6-2)46(3)50-41-48-10-11-49(42-54(48)67-55(65)43-50)60(71)66-51-9-7-8-47(40-51)45-83-39-38-74-19-16-68(4)15-18-73-21-23-76-25-27-78-29-31-80-33-35-82-37-36-81-34-32-79-30-28-77-26-24-75-22-20-72-17-12-56(70)84-59-57(63)52(61)44-53(62)58(59)64/h7-11,40-42,44H,3,5-6,12-39,43,45H2,1-2,4H3,(H2,65,67)(H,66,71). The third-order valence-corrected chi connectivity index (χ3v) is 12.1. The van der Waals surface area contributed by atoms with Crippen LogP contribution >= 0.6 is 0 Å². The van der Waals surface area contributed by atoms with Crippen LogP contribution in [0.2, 0.25) is 0 Å². The van der Waals surface area contributed by atoms with E-state index in [-0.39, 0.29) is 31.8 Å². The van der Waals surface area contributed by atoms with Crippen molar-refractivity contribution in [1.82, 2.24) is 9.80 Å². The van der Waals surface area contributed by atoms with Crippen molar-refractivity contribution in [2.75, 3.05) is 191 Å². The van der Waals surface area contributed by atoms with Gasteiger partial charge in [-0.2, -0.15) is 8.78 Å². The van der Waals surface area contributed by atoms with Crippen LogP contribution in [0, 0.1) is 23.3 Å². The number of rotatable bonds is 50. The van der Waals surface area contributed by atoms with Crippen LogP contribution in [-0.2, 0) is 68.2 Å². The quantitative estimate of drug-likeness (QED) is 0.0184. The Labute approximate surface area is 491 Å². The van der Waals surface area contributed by atoms with Crippen LogP contribution in [0.4, 0.5) is 28.9 Å². The summed E-state index contributed by atoms with van der Waals surface area (Å²) in [6.45, 7) is 21.4. The topological polar surface area (TPSA) is 211 Å². The van der Waals surface area contributed by atoms with Crippen LogP contribution in [0.25, 0.3) is 6.08 Å². The molecule has 0 aromatic heterocycles. The van der Waals surface area contributed by atoms with E-state index in [9.17, 15) is 27.2 Å². The van der Waals surface area contributed by atoms with Crippen molar-refractivity contribution < 1.29 is 88.7 Å². The average molecular weight is 1190 g/mol. The molecule has 0 radical (unpaired) electrons. The second kappa shape index (κ2) is 44.1. The number of benzene rings is 3. The molecule has 3 N–H and O–H groups in total. The van der Waals surface area contributed by atoms with Crippen LogP contribution < -0.4 is 15.8 Å². The van der Waals surface area contributed by atoms with Gasteiger partial charge >= 0.3 is 5.97 Å². The fourth-order valence-electron chi connectivity index (χ4n) is 7.79. The van der Waals surface area contributed by atoms with Crippen molar-refractivity contribution >= 4 is 35.2 Å². The number of hydrogen-bond donors (Lipinski definition) is 2. The van der Waals surface area contributed by atoms with Crippen LogP contribution in [-0.4, -0.2) is 213 Å². The van der Waals surface area contributed by atoms with Crippen molar-refractivity contribution in [2.24, 2.45) is 10.7 Å². The summed E-state index contributed by atoms with van der Waals surface area (Å²) in [6.07, 6.45) is 4.22. The number of nitrogens with two attached hydrogens (primary N) is 1. The van der Waals surface area contributed by atoms with Gasteiger partial charge in [-0.15, -0.1) is 0 Å². The molecule has 0 fully saturated rings. The first-order valence-corrected chi connectivity index (χ1v) is 28.6. The summed E-state index contributed by atoms with van der Waals surface area (Å²) in [5, 5.41) is 3.00. The van der Waals surface area contributed by atoms with E-state index in [0.29, 0.717) is 168 Å². The summed E-state index contributed by atoms with van der Waals surface area (Å²) in [4.78, 5) is 34.2. The van der Waals surface area contributed by atoms with E-state index >= 15 is 0 Å². The maximum atomic E-state index is 13.6. The molecule has 0 saturated heterocycles. The number of anilines is 1. The molecule has 0 atom stereocenters. The summed E-state index contributed by atoms with van der Waals surface area (Å²) >= 11 is 0. The van der Waals surface area contributed by atoms with E-state index in [0.717, 1.165) is 61.4 Å². The first-order chi connectivity index (χ1) is 40.9. The van der Waals surface area contributed by atoms with Gasteiger partial charge in [-0.25, -0.2) is 13.8 Å². The van der Waals surface area contributed by atoms with Crippen molar-refractivity contribution in [2.45, 2.75) is 46.1 Å². The van der Waals surface area contributed by atoms with Crippen LogP contribution in [0.5, 0.6) is 5.75 Å². The van der Waals surface area contributed by atoms with Gasteiger partial charge in [-0.05, 0) is 61.4 Å². The molecule has 0 bridgehead atoms. The first-order valence-electron chi connectivity index (χ1n) is 28.6.